The van der Waals surface area contributed by atoms with E-state index in [0.717, 1.165) is 22.9 Å². The van der Waals surface area contributed by atoms with E-state index in [1.165, 1.54) is 12.1 Å². The Kier molecular flexibility index (Phi) is 4.26. The van der Waals surface area contributed by atoms with Crippen molar-refractivity contribution in [1.82, 2.24) is 0 Å². The van der Waals surface area contributed by atoms with Gasteiger partial charge in [-0.1, -0.05) is 6.07 Å². The van der Waals surface area contributed by atoms with Gasteiger partial charge in [-0.25, -0.2) is 9.18 Å². The van der Waals surface area contributed by atoms with Crippen LogP contribution in [0.15, 0.2) is 36.4 Å². The van der Waals surface area contributed by atoms with E-state index in [9.17, 15) is 9.18 Å². The lowest BCUT2D eigenvalue weighted by molar-refractivity contribution is 0.0696. The molecule has 0 fully saturated rings. The zero-order valence-electron chi connectivity index (χ0n) is 12.4. The van der Waals surface area contributed by atoms with E-state index in [0.29, 0.717) is 12.1 Å². The molecule has 0 aliphatic carbocycles. The molecular formula is C17H18FNO2. The first-order valence-electron chi connectivity index (χ1n) is 6.67. The Morgan fingerprint density at radius 3 is 2.29 bits per heavy atom. The number of hydrogen-bond donors (Lipinski definition) is 1. The molecule has 4 heteroatoms. The monoisotopic (exact) mass is 287 g/mol. The Bertz CT molecular complexity index is 662. The first-order valence-corrected chi connectivity index (χ1v) is 6.67. The summed E-state index contributed by atoms with van der Waals surface area (Å²) in [5.41, 5.74) is 3.94. The van der Waals surface area contributed by atoms with E-state index < -0.39 is 11.8 Å². The van der Waals surface area contributed by atoms with Gasteiger partial charge < -0.3 is 10.0 Å². The number of aromatic carboxylic acids is 1. The number of nitrogens with zero attached hydrogens (tertiary/aromatic N) is 1. The summed E-state index contributed by atoms with van der Waals surface area (Å²) in [6, 6.07) is 10.1. The van der Waals surface area contributed by atoms with Crippen molar-refractivity contribution >= 4 is 11.7 Å². The number of benzene rings is 2. The normalized spacial score (nSPS) is 10.5. The van der Waals surface area contributed by atoms with Crippen LogP contribution in [0, 0.1) is 19.7 Å². The minimum atomic E-state index is -1.12. The Morgan fingerprint density at radius 1 is 1.10 bits per heavy atom. The second-order valence-electron chi connectivity index (χ2n) is 5.36. The van der Waals surface area contributed by atoms with Crippen LogP contribution in [0.3, 0.4) is 0 Å². The molecule has 2 aromatic carbocycles. The molecule has 0 saturated carbocycles. The van der Waals surface area contributed by atoms with E-state index in [4.69, 9.17) is 5.11 Å². The van der Waals surface area contributed by atoms with Crippen molar-refractivity contribution < 1.29 is 14.3 Å². The van der Waals surface area contributed by atoms with Crippen molar-refractivity contribution in [2.75, 3.05) is 11.9 Å². The molecule has 0 bridgehead atoms. The summed E-state index contributed by atoms with van der Waals surface area (Å²) in [4.78, 5) is 12.9. The fourth-order valence-electron chi connectivity index (χ4n) is 2.40. The van der Waals surface area contributed by atoms with Crippen LogP contribution in [0.4, 0.5) is 10.1 Å². The topological polar surface area (TPSA) is 40.5 Å². The Hall–Kier alpha value is -2.36. The van der Waals surface area contributed by atoms with Crippen LogP contribution in [0.25, 0.3) is 0 Å². The molecule has 2 aromatic rings. The Morgan fingerprint density at radius 2 is 1.71 bits per heavy atom. The standard InChI is InChI=1S/C17H18FNO2/c1-11-4-12(2)6-16(5-11)19(3)10-13-7-14(17(20)21)9-15(18)8-13/h4-9H,10H2,1-3H3,(H,20,21). The molecule has 0 radical (unpaired) electrons. The fraction of sp³-hybridized carbons (Fsp3) is 0.235. The number of carboxylic acid groups (broad SMARTS) is 1. The molecule has 0 amide bonds. The number of rotatable bonds is 4. The van der Waals surface area contributed by atoms with Gasteiger partial charge in [0.25, 0.3) is 0 Å². The number of carbonyl (C=O) groups is 1. The second-order valence-corrected chi connectivity index (χ2v) is 5.36. The van der Waals surface area contributed by atoms with E-state index in [2.05, 4.69) is 6.07 Å². The zero-order valence-corrected chi connectivity index (χ0v) is 12.4. The molecular weight excluding hydrogens is 269 g/mol. The third kappa shape index (κ3) is 3.81. The van der Waals surface area contributed by atoms with E-state index >= 15 is 0 Å². The Labute approximate surface area is 123 Å². The van der Waals surface area contributed by atoms with Crippen molar-refractivity contribution in [2.24, 2.45) is 0 Å². The molecule has 0 heterocycles. The summed E-state index contributed by atoms with van der Waals surface area (Å²) in [6.07, 6.45) is 0. The predicted octanol–water partition coefficient (Wildman–Crippen LogP) is 3.78. The summed E-state index contributed by atoms with van der Waals surface area (Å²) in [6.45, 7) is 4.49. The molecule has 2 rings (SSSR count). The molecule has 3 nitrogen and oxygen atoms in total. The zero-order chi connectivity index (χ0) is 15.6. The molecule has 1 N–H and O–H groups in total. The molecule has 0 unspecified atom stereocenters. The van der Waals surface area contributed by atoms with Crippen LogP contribution in [0.2, 0.25) is 0 Å². The largest absolute Gasteiger partial charge is 0.478 e. The first kappa shape index (κ1) is 15.0. The van der Waals surface area contributed by atoms with Crippen molar-refractivity contribution in [2.45, 2.75) is 20.4 Å². The number of halogens is 1. The minimum absolute atomic E-state index is 0.0289. The van der Waals surface area contributed by atoms with Crippen molar-refractivity contribution in [3.8, 4) is 0 Å². The highest BCUT2D eigenvalue weighted by Crippen LogP contribution is 2.20. The quantitative estimate of drug-likeness (QED) is 0.930. The molecule has 0 atom stereocenters. The molecule has 0 spiro atoms. The summed E-state index contributed by atoms with van der Waals surface area (Å²) in [7, 11) is 1.90. The van der Waals surface area contributed by atoms with Gasteiger partial charge in [-0.05, 0) is 60.9 Å². The number of aryl methyl sites for hydroxylation is 2. The lowest BCUT2D eigenvalue weighted by Crippen LogP contribution is -2.17. The molecule has 0 aliphatic heterocycles. The van der Waals surface area contributed by atoms with Gasteiger partial charge in [-0.2, -0.15) is 0 Å². The number of anilines is 1. The van der Waals surface area contributed by atoms with E-state index in [1.807, 2.05) is 37.9 Å². The average Bonchev–Trinajstić information content (AvgIpc) is 2.36. The van der Waals surface area contributed by atoms with Gasteiger partial charge in [0.2, 0.25) is 0 Å². The molecule has 0 aromatic heterocycles. The first-order chi connectivity index (χ1) is 9.85. The van der Waals surface area contributed by atoms with Crippen LogP contribution >= 0.6 is 0 Å². The average molecular weight is 287 g/mol. The maximum Gasteiger partial charge on any atom is 0.335 e. The maximum absolute atomic E-state index is 13.5. The minimum Gasteiger partial charge on any atom is -0.478 e. The lowest BCUT2D eigenvalue weighted by Gasteiger charge is -2.21. The summed E-state index contributed by atoms with van der Waals surface area (Å²) in [5, 5.41) is 8.98. The van der Waals surface area contributed by atoms with E-state index in [1.54, 1.807) is 0 Å². The van der Waals surface area contributed by atoms with Gasteiger partial charge in [-0.15, -0.1) is 0 Å². The van der Waals surface area contributed by atoms with Gasteiger partial charge in [0.15, 0.2) is 0 Å². The van der Waals surface area contributed by atoms with Crippen LogP contribution in [-0.4, -0.2) is 18.1 Å². The van der Waals surface area contributed by atoms with Crippen molar-refractivity contribution in [1.29, 1.82) is 0 Å². The third-order valence-corrected chi connectivity index (χ3v) is 3.27. The highest BCUT2D eigenvalue weighted by atomic mass is 19.1. The Balaban J connectivity index is 2.26. The summed E-state index contributed by atoms with van der Waals surface area (Å²) in [5.74, 6) is -1.65. The molecule has 0 saturated heterocycles. The van der Waals surface area contributed by atoms with Gasteiger partial charge in [-0.3, -0.25) is 0 Å². The lowest BCUT2D eigenvalue weighted by atomic mass is 10.1. The maximum atomic E-state index is 13.5. The predicted molar refractivity (Wildman–Crippen MR) is 81.4 cm³/mol. The molecule has 0 aliphatic rings. The van der Waals surface area contributed by atoms with Crippen LogP contribution in [0.5, 0.6) is 0 Å². The highest BCUT2D eigenvalue weighted by molar-refractivity contribution is 5.87. The summed E-state index contributed by atoms with van der Waals surface area (Å²) >= 11 is 0. The smallest absolute Gasteiger partial charge is 0.335 e. The van der Waals surface area contributed by atoms with E-state index in [-0.39, 0.29) is 5.56 Å². The number of hydrogen-bond acceptors (Lipinski definition) is 2. The van der Waals surface area contributed by atoms with Gasteiger partial charge >= 0.3 is 5.97 Å². The third-order valence-electron chi connectivity index (χ3n) is 3.27. The van der Waals surface area contributed by atoms with Crippen LogP contribution in [0.1, 0.15) is 27.0 Å². The summed E-state index contributed by atoms with van der Waals surface area (Å²) < 4.78 is 13.5. The molecule has 110 valence electrons. The van der Waals surface area contributed by atoms with Crippen molar-refractivity contribution in [3.05, 3.63) is 64.5 Å². The SMILES string of the molecule is Cc1cc(C)cc(N(C)Cc2cc(F)cc(C(=O)O)c2)c1. The fourth-order valence-corrected chi connectivity index (χ4v) is 2.40. The van der Waals surface area contributed by atoms with Crippen LogP contribution in [-0.2, 0) is 6.54 Å². The van der Waals surface area contributed by atoms with Gasteiger partial charge in [0.05, 0.1) is 5.56 Å². The second kappa shape index (κ2) is 5.95. The highest BCUT2D eigenvalue weighted by Gasteiger charge is 2.09. The number of carboxylic acids is 1. The van der Waals surface area contributed by atoms with Crippen LogP contribution < -0.4 is 4.90 Å². The van der Waals surface area contributed by atoms with Crippen molar-refractivity contribution in [3.63, 3.8) is 0 Å². The van der Waals surface area contributed by atoms with Gasteiger partial charge in [0.1, 0.15) is 5.82 Å². The van der Waals surface area contributed by atoms with Gasteiger partial charge in [0, 0.05) is 19.3 Å². The molecule has 21 heavy (non-hydrogen) atoms.